The van der Waals surface area contributed by atoms with Gasteiger partial charge < -0.3 is 20.7 Å². The van der Waals surface area contributed by atoms with Crippen molar-refractivity contribution in [2.45, 2.75) is 25.8 Å². The minimum atomic E-state index is 0.302. The van der Waals surface area contributed by atoms with Crippen LogP contribution in [0.1, 0.15) is 24.6 Å². The van der Waals surface area contributed by atoms with Crippen molar-refractivity contribution in [2.75, 3.05) is 37.8 Å². The topological polar surface area (TPSA) is 74.3 Å². The first kappa shape index (κ1) is 14.0. The summed E-state index contributed by atoms with van der Waals surface area (Å²) < 4.78 is 5.29. The first-order chi connectivity index (χ1) is 9.15. The number of nitriles is 1. The van der Waals surface area contributed by atoms with Crippen molar-refractivity contribution in [3.8, 4) is 11.8 Å². The number of ether oxygens (including phenoxy) is 1. The molecule has 0 aliphatic carbocycles. The normalized spacial score (nSPS) is 17.1. The van der Waals surface area contributed by atoms with E-state index in [-0.39, 0.29) is 0 Å². The summed E-state index contributed by atoms with van der Waals surface area (Å²) in [6.45, 7) is 5.50. The lowest BCUT2D eigenvalue weighted by atomic mass is 10.3. The lowest BCUT2D eigenvalue weighted by Gasteiger charge is -2.21. The lowest BCUT2D eigenvalue weighted by Crippen LogP contribution is -2.32. The molecule has 0 aromatic carbocycles. The third-order valence-corrected chi connectivity index (χ3v) is 4.34. The van der Waals surface area contributed by atoms with E-state index in [2.05, 4.69) is 23.2 Å². The second-order valence-electron chi connectivity index (χ2n) is 4.87. The maximum Gasteiger partial charge on any atom is 0.177 e. The first-order valence-corrected chi connectivity index (χ1v) is 7.32. The minimum Gasteiger partial charge on any atom is -0.492 e. The summed E-state index contributed by atoms with van der Waals surface area (Å²) in [4.78, 5) is 2.96. The predicted octanol–water partition coefficient (Wildman–Crippen LogP) is 2.11. The van der Waals surface area contributed by atoms with E-state index >= 15 is 0 Å². The summed E-state index contributed by atoms with van der Waals surface area (Å²) >= 11 is 1.36. The van der Waals surface area contributed by atoms with E-state index < -0.39 is 0 Å². The molecule has 0 saturated carbocycles. The van der Waals surface area contributed by atoms with Crippen molar-refractivity contribution in [1.29, 1.82) is 5.26 Å². The van der Waals surface area contributed by atoms with Crippen molar-refractivity contribution in [1.82, 2.24) is 4.90 Å². The van der Waals surface area contributed by atoms with Gasteiger partial charge in [-0.3, -0.25) is 0 Å². The Bertz CT molecular complexity index is 474. The van der Waals surface area contributed by atoms with Crippen molar-refractivity contribution >= 4 is 22.0 Å². The van der Waals surface area contributed by atoms with E-state index in [4.69, 9.17) is 15.7 Å². The number of thiophene rings is 1. The number of nitrogens with one attached hydrogen (secondary N) is 1. The number of nitrogens with two attached hydrogens (primary N) is 1. The molecule has 1 unspecified atom stereocenters. The van der Waals surface area contributed by atoms with E-state index in [1.54, 1.807) is 7.11 Å². The van der Waals surface area contributed by atoms with Gasteiger partial charge in [-0.05, 0) is 32.9 Å². The summed E-state index contributed by atoms with van der Waals surface area (Å²) in [6, 6.07) is 2.40. The quantitative estimate of drug-likeness (QED) is 0.864. The third kappa shape index (κ3) is 3.11. The minimum absolute atomic E-state index is 0.302. The number of rotatable bonds is 5. The van der Waals surface area contributed by atoms with E-state index in [0.29, 0.717) is 22.4 Å². The number of nitrogens with zero attached hydrogens (tertiary/aromatic N) is 2. The van der Waals surface area contributed by atoms with Gasteiger partial charge in [0.1, 0.15) is 21.6 Å². The van der Waals surface area contributed by atoms with Crippen LogP contribution in [0.4, 0.5) is 10.7 Å². The summed E-state index contributed by atoms with van der Waals surface area (Å²) in [7, 11) is 1.58. The molecule has 19 heavy (non-hydrogen) atoms. The maximum absolute atomic E-state index is 9.00. The van der Waals surface area contributed by atoms with Crippen LogP contribution >= 0.6 is 11.3 Å². The van der Waals surface area contributed by atoms with Crippen LogP contribution in [0.15, 0.2) is 0 Å². The van der Waals surface area contributed by atoms with Gasteiger partial charge in [0.15, 0.2) is 5.75 Å². The first-order valence-electron chi connectivity index (χ1n) is 6.51. The van der Waals surface area contributed by atoms with Crippen LogP contribution in [0.25, 0.3) is 0 Å². The molecule has 0 spiro atoms. The number of likely N-dealkylation sites (tertiary alicyclic amines) is 1. The van der Waals surface area contributed by atoms with Crippen molar-refractivity contribution < 1.29 is 4.74 Å². The number of hydrogen-bond acceptors (Lipinski definition) is 6. The molecule has 1 saturated heterocycles. The van der Waals surface area contributed by atoms with Gasteiger partial charge in [-0.15, -0.1) is 11.3 Å². The van der Waals surface area contributed by atoms with Crippen LogP contribution in [-0.4, -0.2) is 37.7 Å². The van der Waals surface area contributed by atoms with Crippen LogP contribution in [0.2, 0.25) is 0 Å². The molecule has 1 aromatic rings. The summed E-state index contributed by atoms with van der Waals surface area (Å²) in [5.74, 6) is 0.592. The highest BCUT2D eigenvalue weighted by atomic mass is 32.1. The highest BCUT2D eigenvalue weighted by Gasteiger charge is 2.20. The van der Waals surface area contributed by atoms with Crippen molar-refractivity contribution in [3.63, 3.8) is 0 Å². The number of anilines is 2. The average molecular weight is 280 g/mol. The van der Waals surface area contributed by atoms with Gasteiger partial charge in [0.25, 0.3) is 0 Å². The summed E-state index contributed by atoms with van der Waals surface area (Å²) in [5.41, 5.74) is 6.31. The number of hydrogen-bond donors (Lipinski definition) is 2. The zero-order chi connectivity index (χ0) is 13.8. The molecule has 0 bridgehead atoms. The third-order valence-electron chi connectivity index (χ3n) is 3.31. The SMILES string of the molecule is COc1c(NC(C)CN2CCCC2)sc(C#N)c1N. The van der Waals surface area contributed by atoms with E-state index in [1.165, 1.54) is 37.3 Å². The summed E-state index contributed by atoms with van der Waals surface area (Å²) in [5, 5.41) is 13.3. The molecular formula is C13H20N4OS. The average Bonchev–Trinajstić information content (AvgIpc) is 2.97. The van der Waals surface area contributed by atoms with Gasteiger partial charge in [0.2, 0.25) is 0 Å². The van der Waals surface area contributed by atoms with Gasteiger partial charge in [-0.1, -0.05) is 0 Å². The van der Waals surface area contributed by atoms with Crippen molar-refractivity contribution in [3.05, 3.63) is 4.88 Å². The Hall–Kier alpha value is -1.45. The van der Waals surface area contributed by atoms with Crippen molar-refractivity contribution in [2.24, 2.45) is 0 Å². The fourth-order valence-corrected chi connectivity index (χ4v) is 3.43. The fourth-order valence-electron chi connectivity index (χ4n) is 2.43. The molecule has 3 N–H and O–H groups in total. The standard InChI is InChI=1S/C13H20N4OS/c1-9(8-17-5-3-4-6-17)16-13-12(18-2)11(15)10(7-14)19-13/h9,16H,3-6,8,15H2,1-2H3. The molecule has 1 aliphatic rings. The molecule has 1 fully saturated rings. The molecule has 2 rings (SSSR count). The molecule has 5 nitrogen and oxygen atoms in total. The molecule has 6 heteroatoms. The van der Waals surface area contributed by atoms with E-state index in [9.17, 15) is 0 Å². The van der Waals surface area contributed by atoms with E-state index in [1.807, 2.05) is 0 Å². The van der Waals surface area contributed by atoms with Gasteiger partial charge in [0, 0.05) is 12.6 Å². The summed E-state index contributed by atoms with van der Waals surface area (Å²) in [6.07, 6.45) is 2.58. The van der Waals surface area contributed by atoms with Gasteiger partial charge in [0.05, 0.1) is 7.11 Å². The second-order valence-corrected chi connectivity index (χ2v) is 5.89. The van der Waals surface area contributed by atoms with E-state index in [0.717, 1.165) is 11.5 Å². The Morgan fingerprint density at radius 2 is 2.21 bits per heavy atom. The molecule has 1 aliphatic heterocycles. The zero-order valence-electron chi connectivity index (χ0n) is 11.4. The Morgan fingerprint density at radius 3 is 2.79 bits per heavy atom. The molecule has 104 valence electrons. The molecule has 0 amide bonds. The largest absolute Gasteiger partial charge is 0.492 e. The van der Waals surface area contributed by atoms with Gasteiger partial charge in [-0.25, -0.2) is 0 Å². The van der Waals surface area contributed by atoms with Crippen LogP contribution in [0, 0.1) is 11.3 Å². The zero-order valence-corrected chi connectivity index (χ0v) is 12.2. The number of nitrogen functional groups attached to an aromatic ring is 1. The van der Waals surface area contributed by atoms with Gasteiger partial charge >= 0.3 is 0 Å². The number of methoxy groups -OCH3 is 1. The highest BCUT2D eigenvalue weighted by molar-refractivity contribution is 7.17. The fraction of sp³-hybridized carbons (Fsp3) is 0.615. The van der Waals surface area contributed by atoms with Gasteiger partial charge in [-0.2, -0.15) is 5.26 Å². The van der Waals surface area contributed by atoms with Crippen LogP contribution in [0.3, 0.4) is 0 Å². The molecule has 0 radical (unpaired) electrons. The Morgan fingerprint density at radius 1 is 1.53 bits per heavy atom. The Balaban J connectivity index is 2.03. The molecule has 2 heterocycles. The predicted molar refractivity (Wildman–Crippen MR) is 78.8 cm³/mol. The Kier molecular flexibility index (Phi) is 4.51. The highest BCUT2D eigenvalue weighted by Crippen LogP contribution is 2.42. The lowest BCUT2D eigenvalue weighted by molar-refractivity contribution is 0.327. The van der Waals surface area contributed by atoms with Crippen LogP contribution < -0.4 is 15.8 Å². The second kappa shape index (κ2) is 6.13. The maximum atomic E-state index is 9.00. The molecular weight excluding hydrogens is 260 g/mol. The smallest absolute Gasteiger partial charge is 0.177 e. The Labute approximate surface area is 118 Å². The van der Waals surface area contributed by atoms with Crippen LogP contribution in [-0.2, 0) is 0 Å². The molecule has 1 atom stereocenters. The monoisotopic (exact) mass is 280 g/mol. The molecule has 1 aromatic heterocycles. The van der Waals surface area contributed by atoms with Crippen LogP contribution in [0.5, 0.6) is 5.75 Å².